The highest BCUT2D eigenvalue weighted by Gasteiger charge is 1.96. The van der Waals surface area contributed by atoms with Crippen molar-refractivity contribution in [1.29, 1.82) is 0 Å². The quantitative estimate of drug-likeness (QED) is 0.581. The van der Waals surface area contributed by atoms with E-state index >= 15 is 0 Å². The van der Waals surface area contributed by atoms with Crippen LogP contribution in [0.3, 0.4) is 0 Å². The van der Waals surface area contributed by atoms with E-state index in [2.05, 4.69) is 20.8 Å². The Bertz CT molecular complexity index is 51.9. The lowest BCUT2D eigenvalue weighted by atomic mass is 10.1. The smallest absolute Gasteiger partial charge is 0.154 e. The summed E-state index contributed by atoms with van der Waals surface area (Å²) in [7, 11) is 0. The Balaban J connectivity index is 2.91. The molecule has 0 fully saturated rings. The van der Waals surface area contributed by atoms with Crippen LogP contribution >= 0.6 is 0 Å². The molecule has 0 bridgehead atoms. The van der Waals surface area contributed by atoms with Gasteiger partial charge in [0.15, 0.2) is 6.29 Å². The van der Waals surface area contributed by atoms with Crippen molar-refractivity contribution in [3.63, 3.8) is 0 Å². The minimum atomic E-state index is -0.858. The molecule has 0 aliphatic heterocycles. The molecule has 0 saturated carbocycles. The van der Waals surface area contributed by atoms with Crippen molar-refractivity contribution in [3.8, 4) is 0 Å². The van der Waals surface area contributed by atoms with Crippen LogP contribution in [0.15, 0.2) is 0 Å². The normalized spacial score (nSPS) is 14.3. The van der Waals surface area contributed by atoms with Crippen LogP contribution in [0.1, 0.15) is 20.3 Å². The van der Waals surface area contributed by atoms with Gasteiger partial charge in [-0.25, -0.2) is 0 Å². The van der Waals surface area contributed by atoms with Crippen molar-refractivity contribution in [2.45, 2.75) is 26.6 Å². The average molecular weight is 131 g/mol. The summed E-state index contributed by atoms with van der Waals surface area (Å²) in [6, 6.07) is 0. The molecule has 0 aliphatic rings. The highest BCUT2D eigenvalue weighted by molar-refractivity contribution is 4.45. The molecule has 2 nitrogen and oxygen atoms in total. The zero-order valence-electron chi connectivity index (χ0n) is 6.13. The van der Waals surface area contributed by atoms with Gasteiger partial charge in [-0.15, -0.1) is 0 Å². The zero-order valence-corrected chi connectivity index (χ0v) is 6.13. The fourth-order valence-electron chi connectivity index (χ4n) is 0.440. The summed E-state index contributed by atoms with van der Waals surface area (Å²) >= 11 is 0. The van der Waals surface area contributed by atoms with Gasteiger partial charge in [-0.1, -0.05) is 13.8 Å². The van der Waals surface area contributed by atoms with Crippen LogP contribution in [0.25, 0.3) is 0 Å². The fraction of sp³-hybridized carbons (Fsp3) is 0.857. The molecule has 0 heterocycles. The van der Waals surface area contributed by atoms with Crippen molar-refractivity contribution >= 4 is 0 Å². The van der Waals surface area contributed by atoms with Gasteiger partial charge in [0.2, 0.25) is 0 Å². The van der Waals surface area contributed by atoms with E-state index in [1.54, 1.807) is 0 Å². The lowest BCUT2D eigenvalue weighted by Gasteiger charge is -2.07. The summed E-state index contributed by atoms with van der Waals surface area (Å²) in [6.45, 7) is 8.09. The summed E-state index contributed by atoms with van der Waals surface area (Å²) in [6.07, 6.45) is 0.121. The van der Waals surface area contributed by atoms with Gasteiger partial charge in [0.25, 0.3) is 0 Å². The van der Waals surface area contributed by atoms with Crippen molar-refractivity contribution in [3.05, 3.63) is 6.92 Å². The maximum absolute atomic E-state index is 8.53. The standard InChI is InChI=1S/C7H15O2/c1-6(2)4-5-9-7(3)8/h6-8H,3-5H2,1-2H3. The first-order valence-electron chi connectivity index (χ1n) is 3.25. The molecule has 55 valence electrons. The molecule has 0 spiro atoms. The first kappa shape index (κ1) is 8.92. The first-order valence-corrected chi connectivity index (χ1v) is 3.25. The minimum absolute atomic E-state index is 0.600. The molecule has 0 saturated heterocycles. The molecule has 0 aromatic heterocycles. The van der Waals surface area contributed by atoms with Crippen LogP contribution in [-0.4, -0.2) is 18.0 Å². The molecule has 0 aromatic carbocycles. The topological polar surface area (TPSA) is 29.5 Å². The number of aliphatic hydroxyl groups excluding tert-OH is 1. The van der Waals surface area contributed by atoms with E-state index < -0.39 is 6.29 Å². The van der Waals surface area contributed by atoms with E-state index in [-0.39, 0.29) is 0 Å². The van der Waals surface area contributed by atoms with Gasteiger partial charge < -0.3 is 9.84 Å². The minimum Gasteiger partial charge on any atom is -0.368 e. The Morgan fingerprint density at radius 3 is 2.44 bits per heavy atom. The molecule has 0 amide bonds. The monoisotopic (exact) mass is 131 g/mol. The summed E-state index contributed by atoms with van der Waals surface area (Å²) in [5, 5.41) is 8.53. The van der Waals surface area contributed by atoms with Gasteiger partial charge in [0.05, 0.1) is 0 Å². The SMILES string of the molecule is [CH2]C(O)OCCC(C)C. The zero-order chi connectivity index (χ0) is 7.28. The summed E-state index contributed by atoms with van der Waals surface area (Å²) < 4.78 is 4.80. The second-order valence-electron chi connectivity index (χ2n) is 2.51. The molecule has 1 N–H and O–H groups in total. The van der Waals surface area contributed by atoms with E-state index in [1.165, 1.54) is 0 Å². The Morgan fingerprint density at radius 2 is 2.11 bits per heavy atom. The third-order valence-corrected chi connectivity index (χ3v) is 1.01. The Labute approximate surface area is 56.8 Å². The average Bonchev–Trinajstić information content (AvgIpc) is 1.63. The largest absolute Gasteiger partial charge is 0.368 e. The van der Waals surface area contributed by atoms with Crippen LogP contribution in [0, 0.1) is 12.8 Å². The van der Waals surface area contributed by atoms with Crippen LogP contribution < -0.4 is 0 Å². The maximum atomic E-state index is 8.53. The van der Waals surface area contributed by atoms with Crippen molar-refractivity contribution < 1.29 is 9.84 Å². The molecule has 0 aliphatic carbocycles. The van der Waals surface area contributed by atoms with E-state index in [0.717, 1.165) is 6.42 Å². The predicted molar refractivity (Wildman–Crippen MR) is 36.8 cm³/mol. The number of aliphatic hydroxyl groups is 1. The van der Waals surface area contributed by atoms with Crippen molar-refractivity contribution in [2.75, 3.05) is 6.61 Å². The summed E-state index contributed by atoms with van der Waals surface area (Å²) in [5.41, 5.74) is 0. The molecule has 1 atom stereocenters. The predicted octanol–water partition coefficient (Wildman–Crippen LogP) is 1.20. The number of hydrogen-bond acceptors (Lipinski definition) is 2. The lowest BCUT2D eigenvalue weighted by Crippen LogP contribution is -2.09. The third kappa shape index (κ3) is 7.92. The molecule has 0 aromatic rings. The van der Waals surface area contributed by atoms with Gasteiger partial charge in [-0.3, -0.25) is 0 Å². The summed E-state index contributed by atoms with van der Waals surface area (Å²) in [4.78, 5) is 0. The molecule has 9 heavy (non-hydrogen) atoms. The Morgan fingerprint density at radius 1 is 1.56 bits per heavy atom. The van der Waals surface area contributed by atoms with Gasteiger partial charge in [0, 0.05) is 13.5 Å². The number of hydrogen-bond donors (Lipinski definition) is 1. The fourth-order valence-corrected chi connectivity index (χ4v) is 0.440. The molecule has 2 heteroatoms. The highest BCUT2D eigenvalue weighted by Crippen LogP contribution is 1.99. The van der Waals surface area contributed by atoms with E-state index in [1.807, 2.05) is 0 Å². The molecular weight excluding hydrogens is 116 g/mol. The number of rotatable bonds is 4. The number of ether oxygens (including phenoxy) is 1. The molecule has 0 rings (SSSR count). The highest BCUT2D eigenvalue weighted by atomic mass is 16.6. The van der Waals surface area contributed by atoms with E-state index in [4.69, 9.17) is 9.84 Å². The van der Waals surface area contributed by atoms with Crippen LogP contribution in [0.5, 0.6) is 0 Å². The lowest BCUT2D eigenvalue weighted by molar-refractivity contribution is -0.0690. The first-order chi connectivity index (χ1) is 4.13. The van der Waals surface area contributed by atoms with Gasteiger partial charge >= 0.3 is 0 Å². The van der Waals surface area contributed by atoms with E-state index in [0.29, 0.717) is 12.5 Å². The second kappa shape index (κ2) is 4.77. The third-order valence-electron chi connectivity index (χ3n) is 1.01. The van der Waals surface area contributed by atoms with Gasteiger partial charge in [-0.05, 0) is 12.3 Å². The van der Waals surface area contributed by atoms with Crippen LogP contribution in [0.2, 0.25) is 0 Å². The molecule has 1 unspecified atom stereocenters. The van der Waals surface area contributed by atoms with Crippen molar-refractivity contribution in [2.24, 2.45) is 5.92 Å². The molecule has 1 radical (unpaired) electrons. The summed E-state index contributed by atoms with van der Waals surface area (Å²) in [5.74, 6) is 0.628. The van der Waals surface area contributed by atoms with Crippen LogP contribution in [-0.2, 0) is 4.74 Å². The maximum Gasteiger partial charge on any atom is 0.154 e. The van der Waals surface area contributed by atoms with Gasteiger partial charge in [-0.2, -0.15) is 0 Å². The van der Waals surface area contributed by atoms with Crippen molar-refractivity contribution in [1.82, 2.24) is 0 Å². The Hall–Kier alpha value is -0.0800. The van der Waals surface area contributed by atoms with Crippen LogP contribution in [0.4, 0.5) is 0 Å². The second-order valence-corrected chi connectivity index (χ2v) is 2.51. The molecular formula is C7H15O2. The Kier molecular flexibility index (Phi) is 4.72. The van der Waals surface area contributed by atoms with Gasteiger partial charge in [0.1, 0.15) is 0 Å². The van der Waals surface area contributed by atoms with E-state index in [9.17, 15) is 0 Å².